The number of hydrogen-bond acceptors (Lipinski definition) is 3. The van der Waals surface area contributed by atoms with Gasteiger partial charge in [0, 0.05) is 12.1 Å². The summed E-state index contributed by atoms with van der Waals surface area (Å²) in [5, 5.41) is 7.67. The molecule has 0 aliphatic heterocycles. The number of hydrogen-bond donors (Lipinski definition) is 1. The predicted octanol–water partition coefficient (Wildman–Crippen LogP) is 3.65. The van der Waals surface area contributed by atoms with Gasteiger partial charge in [0.25, 0.3) is 5.56 Å². The van der Waals surface area contributed by atoms with Gasteiger partial charge in [-0.15, -0.1) is 0 Å². The molecule has 0 fully saturated rings. The first-order chi connectivity index (χ1) is 8.83. The number of anilines is 1. The van der Waals surface area contributed by atoms with E-state index in [-0.39, 0.29) is 11.1 Å². The molecule has 0 unspecified atom stereocenters. The van der Waals surface area contributed by atoms with Gasteiger partial charge >= 0.3 is 0 Å². The number of halogens is 1. The van der Waals surface area contributed by atoms with E-state index in [1.807, 2.05) is 0 Å². The fourth-order valence-electron chi connectivity index (χ4n) is 1.78. The molecule has 1 aromatic heterocycles. The summed E-state index contributed by atoms with van der Waals surface area (Å²) in [7, 11) is 0. The minimum Gasteiger partial charge on any atom is -0.378 e. The minimum absolute atomic E-state index is 0.0130. The average Bonchev–Trinajstić information content (AvgIpc) is 2.38. The van der Waals surface area contributed by atoms with E-state index >= 15 is 0 Å². The standard InChI is InChI=1S/C14H24BrN3O/c1-6-14(5,7-2)17-11-8-16-18(9-10(3)4)13(19)12(11)15/h8,10,17H,6-7,9H2,1-5H3. The highest BCUT2D eigenvalue weighted by Crippen LogP contribution is 2.25. The zero-order chi connectivity index (χ0) is 14.6. The number of aromatic nitrogens is 2. The average molecular weight is 330 g/mol. The lowest BCUT2D eigenvalue weighted by Crippen LogP contribution is -2.35. The molecule has 1 aromatic rings. The number of nitrogens with zero attached hydrogens (tertiary/aromatic N) is 2. The Bertz CT molecular complexity index is 478. The van der Waals surface area contributed by atoms with Crippen LogP contribution in [0.25, 0.3) is 0 Å². The van der Waals surface area contributed by atoms with Gasteiger partial charge in [0.15, 0.2) is 0 Å². The summed E-state index contributed by atoms with van der Waals surface area (Å²) in [4.78, 5) is 12.2. The van der Waals surface area contributed by atoms with Gasteiger partial charge in [-0.1, -0.05) is 27.7 Å². The van der Waals surface area contributed by atoms with Crippen molar-refractivity contribution in [3.05, 3.63) is 21.0 Å². The van der Waals surface area contributed by atoms with Gasteiger partial charge < -0.3 is 5.32 Å². The van der Waals surface area contributed by atoms with E-state index in [9.17, 15) is 4.79 Å². The normalized spacial score (nSPS) is 11.9. The van der Waals surface area contributed by atoms with Gasteiger partial charge in [0.1, 0.15) is 4.47 Å². The third-order valence-electron chi connectivity index (χ3n) is 3.52. The van der Waals surface area contributed by atoms with Crippen molar-refractivity contribution in [2.24, 2.45) is 5.92 Å². The van der Waals surface area contributed by atoms with Gasteiger partial charge in [-0.3, -0.25) is 4.79 Å². The van der Waals surface area contributed by atoms with Crippen LogP contribution in [0, 0.1) is 5.92 Å². The molecule has 0 atom stereocenters. The summed E-state index contributed by atoms with van der Waals surface area (Å²) in [6, 6.07) is 0. The molecule has 0 aliphatic carbocycles. The van der Waals surface area contributed by atoms with Crippen LogP contribution in [-0.2, 0) is 6.54 Å². The van der Waals surface area contributed by atoms with Crippen molar-refractivity contribution in [2.45, 2.75) is 59.5 Å². The van der Waals surface area contributed by atoms with Gasteiger partial charge in [-0.2, -0.15) is 5.10 Å². The molecule has 5 heteroatoms. The summed E-state index contributed by atoms with van der Waals surface area (Å²) in [5.41, 5.74) is 0.686. The molecule has 0 radical (unpaired) electrons. The van der Waals surface area contributed by atoms with Crippen LogP contribution in [0.1, 0.15) is 47.5 Å². The van der Waals surface area contributed by atoms with Crippen LogP contribution in [-0.4, -0.2) is 15.3 Å². The minimum atomic E-state index is -0.0757. The highest BCUT2D eigenvalue weighted by Gasteiger charge is 2.21. The lowest BCUT2D eigenvalue weighted by atomic mass is 9.95. The van der Waals surface area contributed by atoms with Crippen molar-refractivity contribution >= 4 is 21.6 Å². The van der Waals surface area contributed by atoms with Crippen LogP contribution in [0.15, 0.2) is 15.5 Å². The van der Waals surface area contributed by atoms with Gasteiger partial charge in [-0.05, 0) is 41.6 Å². The lowest BCUT2D eigenvalue weighted by molar-refractivity contribution is 0.457. The monoisotopic (exact) mass is 329 g/mol. The van der Waals surface area contributed by atoms with Crippen molar-refractivity contribution in [1.82, 2.24) is 9.78 Å². The molecular formula is C14H24BrN3O. The first kappa shape index (κ1) is 16.2. The summed E-state index contributed by atoms with van der Waals surface area (Å²) in [6.45, 7) is 11.2. The molecule has 1 heterocycles. The number of nitrogens with one attached hydrogen (secondary N) is 1. The van der Waals surface area contributed by atoms with Gasteiger partial charge in [-0.25, -0.2) is 4.68 Å². The Labute approximate surface area is 123 Å². The second-order valence-corrected chi connectivity index (χ2v) is 6.44. The fourth-order valence-corrected chi connectivity index (χ4v) is 2.19. The second kappa shape index (κ2) is 6.55. The van der Waals surface area contributed by atoms with E-state index in [1.54, 1.807) is 6.20 Å². The Hall–Kier alpha value is -0.840. The van der Waals surface area contributed by atoms with Crippen LogP contribution >= 0.6 is 15.9 Å². The largest absolute Gasteiger partial charge is 0.378 e. The molecule has 0 aromatic carbocycles. The summed E-state index contributed by atoms with van der Waals surface area (Å²) in [5.74, 6) is 0.396. The smallest absolute Gasteiger partial charge is 0.283 e. The number of rotatable bonds is 6. The third-order valence-corrected chi connectivity index (χ3v) is 4.29. The maximum absolute atomic E-state index is 12.2. The van der Waals surface area contributed by atoms with Crippen molar-refractivity contribution in [3.63, 3.8) is 0 Å². The second-order valence-electron chi connectivity index (χ2n) is 5.65. The van der Waals surface area contributed by atoms with E-state index in [1.165, 1.54) is 4.68 Å². The van der Waals surface area contributed by atoms with Crippen LogP contribution in [0.3, 0.4) is 0 Å². The summed E-state index contributed by atoms with van der Waals surface area (Å²) < 4.78 is 2.08. The van der Waals surface area contributed by atoms with Gasteiger partial charge in [0.05, 0.1) is 11.9 Å². The molecular weight excluding hydrogens is 306 g/mol. The Balaban J connectivity index is 3.06. The van der Waals surface area contributed by atoms with Crippen molar-refractivity contribution in [2.75, 3.05) is 5.32 Å². The van der Waals surface area contributed by atoms with Crippen molar-refractivity contribution in [1.29, 1.82) is 0 Å². The third kappa shape index (κ3) is 4.06. The Morgan fingerprint density at radius 2 is 2.00 bits per heavy atom. The van der Waals surface area contributed by atoms with E-state index < -0.39 is 0 Å². The molecule has 0 saturated carbocycles. The first-order valence-electron chi connectivity index (χ1n) is 6.86. The zero-order valence-electron chi connectivity index (χ0n) is 12.5. The molecule has 1 rings (SSSR count). The van der Waals surface area contributed by atoms with E-state index in [2.05, 4.69) is 61.0 Å². The fraction of sp³-hybridized carbons (Fsp3) is 0.714. The molecule has 0 spiro atoms. The van der Waals surface area contributed by atoms with Crippen LogP contribution in [0.5, 0.6) is 0 Å². The molecule has 0 saturated heterocycles. The molecule has 0 amide bonds. The summed E-state index contributed by atoms with van der Waals surface area (Å²) >= 11 is 3.40. The first-order valence-corrected chi connectivity index (χ1v) is 7.66. The zero-order valence-corrected chi connectivity index (χ0v) is 14.0. The predicted molar refractivity (Wildman–Crippen MR) is 83.6 cm³/mol. The van der Waals surface area contributed by atoms with E-state index in [0.29, 0.717) is 16.9 Å². The molecule has 0 aliphatic rings. The van der Waals surface area contributed by atoms with Crippen molar-refractivity contribution in [3.8, 4) is 0 Å². The molecule has 19 heavy (non-hydrogen) atoms. The van der Waals surface area contributed by atoms with Gasteiger partial charge in [0.2, 0.25) is 0 Å². The summed E-state index contributed by atoms with van der Waals surface area (Å²) in [6.07, 6.45) is 3.72. The molecule has 4 nitrogen and oxygen atoms in total. The molecule has 1 N–H and O–H groups in total. The highest BCUT2D eigenvalue weighted by molar-refractivity contribution is 9.10. The van der Waals surface area contributed by atoms with E-state index in [0.717, 1.165) is 18.5 Å². The van der Waals surface area contributed by atoms with Crippen LogP contribution in [0.4, 0.5) is 5.69 Å². The lowest BCUT2D eigenvalue weighted by Gasteiger charge is -2.29. The Kier molecular flexibility index (Phi) is 5.59. The van der Waals surface area contributed by atoms with Crippen LogP contribution < -0.4 is 10.9 Å². The highest BCUT2D eigenvalue weighted by atomic mass is 79.9. The topological polar surface area (TPSA) is 46.9 Å². The maximum atomic E-state index is 12.2. The SMILES string of the molecule is CCC(C)(CC)Nc1cnn(CC(C)C)c(=O)c1Br. The quantitative estimate of drug-likeness (QED) is 0.866. The maximum Gasteiger partial charge on any atom is 0.283 e. The van der Waals surface area contributed by atoms with E-state index in [4.69, 9.17) is 0 Å². The molecule has 108 valence electrons. The van der Waals surface area contributed by atoms with Crippen LogP contribution in [0.2, 0.25) is 0 Å². The Morgan fingerprint density at radius 3 is 2.47 bits per heavy atom. The Morgan fingerprint density at radius 1 is 1.42 bits per heavy atom. The van der Waals surface area contributed by atoms with Crippen molar-refractivity contribution < 1.29 is 0 Å². The molecule has 0 bridgehead atoms.